The molecule has 3 N–H and O–H groups in total. The number of hydrogen-bond acceptors (Lipinski definition) is 14. The number of nitrogens with zero attached hydrogens (tertiary/aromatic N) is 6. The summed E-state index contributed by atoms with van der Waals surface area (Å²) in [5.41, 5.74) is 5.58. The van der Waals surface area contributed by atoms with Gasteiger partial charge in [-0.3, -0.25) is 23.9 Å². The first-order valence-electron chi connectivity index (χ1n) is 26.3. The van der Waals surface area contributed by atoms with Gasteiger partial charge in [0.05, 0.1) is 75.1 Å². The highest BCUT2D eigenvalue weighted by Gasteiger charge is 2.40. The van der Waals surface area contributed by atoms with Crippen LogP contribution in [-0.2, 0) is 28.6 Å². The second-order valence-corrected chi connectivity index (χ2v) is 22.0. The largest absolute Gasteiger partial charge is 0.490 e. The number of aliphatic imine (C=N–C) groups is 1. The van der Waals surface area contributed by atoms with Crippen molar-refractivity contribution in [2.75, 3.05) is 66.4 Å². The SMILES string of the molecule is CN[C@@H](C)C(=O)N[C@H](C(=O)N1CCC[C@H]1c1nc(-c2c(OCCOCCOCCOCCNC(=O)C[C@@H]3N=C(c4ccc(Cl)cc4)c4c(sc(C)c4C)-n4c(C)nnc43)ccc3ccccc23)cs1)C1CCCCC1. The van der Waals surface area contributed by atoms with E-state index in [4.69, 9.17) is 40.5 Å². The number of ether oxygens (including phenoxy) is 4. The number of carbonyl (C=O) groups is 3. The Morgan fingerprint density at radius 1 is 0.840 bits per heavy atom. The molecule has 3 aliphatic rings. The van der Waals surface area contributed by atoms with Crippen LogP contribution in [0.15, 0.2) is 71.0 Å². The van der Waals surface area contributed by atoms with Crippen molar-refractivity contribution in [3.8, 4) is 22.0 Å². The number of thiazole rings is 1. The van der Waals surface area contributed by atoms with Crippen molar-refractivity contribution >= 4 is 68.5 Å². The van der Waals surface area contributed by atoms with Gasteiger partial charge in [-0.1, -0.05) is 73.3 Å². The van der Waals surface area contributed by atoms with E-state index in [-0.39, 0.29) is 36.1 Å². The highest BCUT2D eigenvalue weighted by Crippen LogP contribution is 2.43. The molecular weight excluding hydrogens is 1010 g/mol. The van der Waals surface area contributed by atoms with Crippen molar-refractivity contribution in [2.24, 2.45) is 10.9 Å². The minimum Gasteiger partial charge on any atom is -0.490 e. The fourth-order valence-corrected chi connectivity index (χ4v) is 12.6. The number of fused-ring (bicyclic) bond motifs is 4. The maximum atomic E-state index is 14.4. The number of halogens is 1. The summed E-state index contributed by atoms with van der Waals surface area (Å²) in [4.78, 5) is 54.5. The van der Waals surface area contributed by atoms with Crippen LogP contribution in [0.25, 0.3) is 27.0 Å². The number of aryl methyl sites for hydroxylation is 2. The van der Waals surface area contributed by atoms with Gasteiger partial charge in [-0.15, -0.1) is 32.9 Å². The third-order valence-corrected chi connectivity index (χ3v) is 16.9. The van der Waals surface area contributed by atoms with Gasteiger partial charge in [-0.05, 0) is 101 Å². The van der Waals surface area contributed by atoms with E-state index in [1.54, 1.807) is 29.7 Å². The predicted octanol–water partition coefficient (Wildman–Crippen LogP) is 9.05. The average molecular weight is 1080 g/mol. The van der Waals surface area contributed by atoms with Gasteiger partial charge in [0.15, 0.2) is 5.82 Å². The maximum Gasteiger partial charge on any atom is 0.246 e. The summed E-state index contributed by atoms with van der Waals surface area (Å²) < 4.78 is 25.8. The summed E-state index contributed by atoms with van der Waals surface area (Å²) >= 11 is 9.50. The number of rotatable bonds is 23. The van der Waals surface area contributed by atoms with Crippen LogP contribution in [0.5, 0.6) is 5.75 Å². The lowest BCUT2D eigenvalue weighted by atomic mass is 9.83. The highest BCUT2D eigenvalue weighted by molar-refractivity contribution is 7.15. The monoisotopic (exact) mass is 1080 g/mol. The lowest BCUT2D eigenvalue weighted by molar-refractivity contribution is -0.139. The number of likely N-dealkylation sites (tertiary alicyclic amines) is 1. The molecule has 16 nitrogen and oxygen atoms in total. The molecule has 1 saturated heterocycles. The van der Waals surface area contributed by atoms with E-state index in [1.165, 1.54) is 4.88 Å². The Hall–Kier alpha value is -5.60. The van der Waals surface area contributed by atoms with Crippen LogP contribution in [0.1, 0.15) is 109 Å². The molecule has 19 heteroatoms. The Morgan fingerprint density at radius 2 is 1.57 bits per heavy atom. The molecule has 3 aromatic carbocycles. The Bertz CT molecular complexity index is 2970. The topological polar surface area (TPSA) is 183 Å². The molecule has 5 heterocycles. The molecule has 1 saturated carbocycles. The average Bonchev–Trinajstić information content (AvgIpc) is 4.24. The number of benzene rings is 3. The molecule has 2 aliphatic heterocycles. The quantitative estimate of drug-likeness (QED) is 0.0521. The van der Waals surface area contributed by atoms with Crippen LogP contribution in [0, 0.1) is 26.7 Å². The summed E-state index contributed by atoms with van der Waals surface area (Å²) in [6.07, 6.45) is 6.98. The third kappa shape index (κ3) is 12.7. The third-order valence-electron chi connectivity index (χ3n) is 14.5. The van der Waals surface area contributed by atoms with Gasteiger partial charge < -0.3 is 39.8 Å². The van der Waals surface area contributed by atoms with Gasteiger partial charge in [-0.2, -0.15) is 0 Å². The number of carbonyl (C=O) groups excluding carboxylic acids is 3. The van der Waals surface area contributed by atoms with Gasteiger partial charge in [0.2, 0.25) is 17.7 Å². The van der Waals surface area contributed by atoms with Crippen LogP contribution in [0.3, 0.4) is 0 Å². The Kier molecular flexibility index (Phi) is 18.4. The molecule has 0 unspecified atom stereocenters. The Balaban J connectivity index is 0.716. The number of nitrogens with one attached hydrogen (secondary N) is 3. The van der Waals surface area contributed by atoms with E-state index in [1.807, 2.05) is 65.8 Å². The molecule has 9 rings (SSSR count). The molecule has 1 aliphatic carbocycles. The second-order valence-electron chi connectivity index (χ2n) is 19.5. The van der Waals surface area contributed by atoms with Crippen molar-refractivity contribution in [1.29, 1.82) is 0 Å². The van der Waals surface area contributed by atoms with Gasteiger partial charge in [0, 0.05) is 39.5 Å². The molecule has 6 aromatic rings. The maximum absolute atomic E-state index is 14.4. The zero-order valence-corrected chi connectivity index (χ0v) is 45.9. The van der Waals surface area contributed by atoms with Crippen LogP contribution in [0.4, 0.5) is 0 Å². The minimum atomic E-state index is -0.553. The molecule has 75 heavy (non-hydrogen) atoms. The minimum absolute atomic E-state index is 0.00177. The Morgan fingerprint density at radius 3 is 2.33 bits per heavy atom. The molecule has 0 bridgehead atoms. The number of hydrogen-bond donors (Lipinski definition) is 3. The normalized spacial score (nSPS) is 17.5. The highest BCUT2D eigenvalue weighted by atomic mass is 35.5. The van der Waals surface area contributed by atoms with Crippen molar-refractivity contribution in [1.82, 2.24) is 40.6 Å². The molecular formula is C56H68ClN9O7S2. The fourth-order valence-electron chi connectivity index (χ4n) is 10.3. The van der Waals surface area contributed by atoms with Gasteiger partial charge >= 0.3 is 0 Å². The van der Waals surface area contributed by atoms with E-state index in [2.05, 4.69) is 63.6 Å². The lowest BCUT2D eigenvalue weighted by Crippen LogP contribution is -2.55. The number of aromatic nitrogens is 4. The first-order chi connectivity index (χ1) is 36.5. The summed E-state index contributed by atoms with van der Waals surface area (Å²) in [5, 5.41) is 24.7. The summed E-state index contributed by atoms with van der Waals surface area (Å²) in [6.45, 7) is 11.5. The zero-order valence-electron chi connectivity index (χ0n) is 43.5. The van der Waals surface area contributed by atoms with E-state index < -0.39 is 18.1 Å². The van der Waals surface area contributed by atoms with E-state index >= 15 is 0 Å². The van der Waals surface area contributed by atoms with E-state index in [9.17, 15) is 14.4 Å². The van der Waals surface area contributed by atoms with Crippen molar-refractivity contribution in [2.45, 2.75) is 103 Å². The molecule has 398 valence electrons. The Labute approximate surface area is 452 Å². The molecule has 3 amide bonds. The molecule has 0 radical (unpaired) electrons. The van der Waals surface area contributed by atoms with Gasteiger partial charge in [0.25, 0.3) is 0 Å². The van der Waals surface area contributed by atoms with Gasteiger partial charge in [-0.25, -0.2) is 4.98 Å². The van der Waals surface area contributed by atoms with Crippen LogP contribution in [0.2, 0.25) is 5.02 Å². The van der Waals surface area contributed by atoms with Crippen molar-refractivity contribution in [3.63, 3.8) is 0 Å². The zero-order chi connectivity index (χ0) is 52.4. The van der Waals surface area contributed by atoms with Crippen LogP contribution in [-0.4, -0.2) is 127 Å². The van der Waals surface area contributed by atoms with Crippen molar-refractivity contribution in [3.05, 3.63) is 109 Å². The predicted molar refractivity (Wildman–Crippen MR) is 295 cm³/mol. The first kappa shape index (κ1) is 54.2. The first-order valence-corrected chi connectivity index (χ1v) is 28.3. The van der Waals surface area contributed by atoms with Crippen LogP contribution >= 0.6 is 34.3 Å². The number of likely N-dealkylation sites (N-methyl/N-ethyl adjacent to an activating group) is 1. The summed E-state index contributed by atoms with van der Waals surface area (Å²) in [6, 6.07) is 18.2. The fraction of sp³-hybridized carbons (Fsp3) is 0.482. The van der Waals surface area contributed by atoms with E-state index in [0.717, 1.165) is 105 Å². The molecule has 2 fully saturated rings. The smallest absolute Gasteiger partial charge is 0.246 e. The standard InChI is InChI=1S/C56H68ClN9O7S2/c1-34-36(3)75-56-48(34)50(40-17-20-41(57)21-18-40)60-43(52-64-63-37(4)66(52)56)32-47(67)59-23-25-70-26-27-71-28-29-72-30-31-73-46-22-19-38-12-9-10-15-42(38)49(46)44-33-74-54(61-44)45-16-11-24-65(45)55(69)51(39-13-7-6-8-14-39)62-53(68)35(2)58-5/h9-10,12,15,17-22,33,35,39,43,45,51,58H,6-8,11,13-14,16,23-32H2,1-5H3,(H,59,67)(H,62,68)/t35-,43-,45-,51-/m0/s1. The molecule has 0 spiro atoms. The van der Waals surface area contributed by atoms with E-state index in [0.29, 0.717) is 75.9 Å². The summed E-state index contributed by atoms with van der Waals surface area (Å²) in [7, 11) is 1.76. The number of thiophene rings is 1. The molecule has 4 atom stereocenters. The second kappa shape index (κ2) is 25.5. The number of amides is 3. The lowest BCUT2D eigenvalue weighted by Gasteiger charge is -2.35. The van der Waals surface area contributed by atoms with Crippen LogP contribution < -0.4 is 20.7 Å². The van der Waals surface area contributed by atoms with Gasteiger partial charge in [0.1, 0.15) is 40.3 Å². The molecule has 3 aromatic heterocycles. The summed E-state index contributed by atoms with van der Waals surface area (Å²) in [5.74, 6) is 1.89. The van der Waals surface area contributed by atoms with Crippen molar-refractivity contribution < 1.29 is 33.3 Å².